The van der Waals surface area contributed by atoms with E-state index in [1.165, 1.54) is 0 Å². The third-order valence-corrected chi connectivity index (χ3v) is 3.49. The Hall–Kier alpha value is -2.09. The predicted octanol–water partition coefficient (Wildman–Crippen LogP) is 3.43. The van der Waals surface area contributed by atoms with Crippen LogP contribution in [0.1, 0.15) is 22.4 Å². The summed E-state index contributed by atoms with van der Waals surface area (Å²) in [6, 6.07) is 7.07. The molecule has 0 fully saturated rings. The molecule has 2 rings (SSSR count). The third-order valence-electron chi connectivity index (χ3n) is 2.75. The van der Waals surface area contributed by atoms with Gasteiger partial charge in [0.05, 0.1) is 15.7 Å². The van der Waals surface area contributed by atoms with E-state index in [2.05, 4.69) is 10.2 Å². The highest BCUT2D eigenvalue weighted by atomic mass is 35.5. The summed E-state index contributed by atoms with van der Waals surface area (Å²) in [5.41, 5.74) is 1.47. The Kier molecular flexibility index (Phi) is 4.23. The van der Waals surface area contributed by atoms with Gasteiger partial charge in [-0.2, -0.15) is 10.4 Å². The summed E-state index contributed by atoms with van der Waals surface area (Å²) in [6.45, 7) is 1.68. The molecule has 20 heavy (non-hydrogen) atoms. The lowest BCUT2D eigenvalue weighted by Crippen LogP contribution is -2.15. The first-order chi connectivity index (χ1) is 9.52. The molecule has 0 aliphatic heterocycles. The van der Waals surface area contributed by atoms with Crippen LogP contribution >= 0.6 is 23.2 Å². The molecule has 4 nitrogen and oxygen atoms in total. The monoisotopic (exact) mass is 305 g/mol. The van der Waals surface area contributed by atoms with Crippen molar-refractivity contribution in [2.45, 2.75) is 6.92 Å². The van der Waals surface area contributed by atoms with Gasteiger partial charge in [0.2, 0.25) is 0 Å². The van der Waals surface area contributed by atoms with Gasteiger partial charge in [-0.1, -0.05) is 35.3 Å². The van der Waals surface area contributed by atoms with Crippen molar-refractivity contribution in [1.82, 2.24) is 10.2 Å². The Morgan fingerprint density at radius 3 is 2.70 bits per heavy atom. The largest absolute Gasteiger partial charge is 0.282 e. The Morgan fingerprint density at radius 2 is 2.05 bits per heavy atom. The summed E-state index contributed by atoms with van der Waals surface area (Å²) in [7, 11) is 0. The Labute approximate surface area is 125 Å². The highest BCUT2D eigenvalue weighted by Crippen LogP contribution is 2.23. The third kappa shape index (κ3) is 2.90. The highest BCUT2D eigenvalue weighted by molar-refractivity contribution is 6.42. The summed E-state index contributed by atoms with van der Waals surface area (Å²) in [5, 5.41) is 16.1. The molecule has 0 saturated heterocycles. The van der Waals surface area contributed by atoms with Crippen LogP contribution in [0.4, 0.5) is 0 Å². The number of aromatic nitrogens is 2. The minimum absolute atomic E-state index is 0.0637. The fourth-order valence-electron chi connectivity index (χ4n) is 1.64. The normalized spacial score (nSPS) is 10.7. The maximum atomic E-state index is 11.4. The van der Waals surface area contributed by atoms with E-state index in [1.807, 2.05) is 6.07 Å². The molecule has 1 N–H and O–H groups in total. The van der Waals surface area contributed by atoms with E-state index in [9.17, 15) is 4.79 Å². The SMILES string of the molecule is Cc1c(/C=C/c2ccc(Cl)c(Cl)c2)n[nH]c(=O)c1C#N. The lowest BCUT2D eigenvalue weighted by molar-refractivity contribution is 0.952. The van der Waals surface area contributed by atoms with E-state index >= 15 is 0 Å². The summed E-state index contributed by atoms with van der Waals surface area (Å²) >= 11 is 11.8. The van der Waals surface area contributed by atoms with Gasteiger partial charge in [0.15, 0.2) is 0 Å². The zero-order chi connectivity index (χ0) is 14.7. The number of nitrogens with zero attached hydrogens (tertiary/aromatic N) is 2. The van der Waals surface area contributed by atoms with Crippen molar-refractivity contribution in [1.29, 1.82) is 5.26 Å². The first kappa shape index (κ1) is 14.3. The molecular weight excluding hydrogens is 297 g/mol. The van der Waals surface area contributed by atoms with Crippen molar-refractivity contribution in [2.75, 3.05) is 0 Å². The van der Waals surface area contributed by atoms with Crippen LogP contribution in [0.25, 0.3) is 12.2 Å². The van der Waals surface area contributed by atoms with Gasteiger partial charge in [-0.15, -0.1) is 0 Å². The molecule has 6 heteroatoms. The molecule has 0 bridgehead atoms. The van der Waals surface area contributed by atoms with Crippen LogP contribution in [0.5, 0.6) is 0 Å². The van der Waals surface area contributed by atoms with E-state index < -0.39 is 5.56 Å². The summed E-state index contributed by atoms with van der Waals surface area (Å²) in [4.78, 5) is 11.4. The van der Waals surface area contributed by atoms with Gasteiger partial charge >= 0.3 is 0 Å². The van der Waals surface area contributed by atoms with Crippen LogP contribution < -0.4 is 5.56 Å². The van der Waals surface area contributed by atoms with Crippen LogP contribution in [0.2, 0.25) is 10.0 Å². The van der Waals surface area contributed by atoms with E-state index in [4.69, 9.17) is 28.5 Å². The summed E-state index contributed by atoms with van der Waals surface area (Å²) in [5.74, 6) is 0. The standard InChI is InChI=1S/C14H9Cl2N3O/c1-8-10(7-17)14(20)19-18-13(8)5-3-9-2-4-11(15)12(16)6-9/h2-6H,1H3,(H,19,20)/b5-3+. The number of hydrogen-bond donors (Lipinski definition) is 1. The van der Waals surface area contributed by atoms with Crippen LogP contribution in [0.3, 0.4) is 0 Å². The second kappa shape index (κ2) is 5.91. The Bertz CT molecular complexity index is 788. The van der Waals surface area contributed by atoms with Crippen molar-refractivity contribution in [3.05, 3.63) is 61.0 Å². The van der Waals surface area contributed by atoms with Gasteiger partial charge in [0.25, 0.3) is 5.56 Å². The molecular formula is C14H9Cl2N3O. The number of benzene rings is 1. The smallest absolute Gasteiger partial charge is 0.267 e. The van der Waals surface area contributed by atoms with Crippen LogP contribution in [0.15, 0.2) is 23.0 Å². The van der Waals surface area contributed by atoms with Crippen LogP contribution in [0, 0.1) is 18.3 Å². The van der Waals surface area contributed by atoms with Gasteiger partial charge in [-0.25, -0.2) is 5.10 Å². The zero-order valence-electron chi connectivity index (χ0n) is 10.4. The molecule has 0 unspecified atom stereocenters. The van der Waals surface area contributed by atoms with Crippen molar-refractivity contribution in [3.63, 3.8) is 0 Å². The van der Waals surface area contributed by atoms with Gasteiger partial charge in [-0.05, 0) is 36.3 Å². The molecule has 100 valence electrons. The van der Waals surface area contributed by atoms with E-state index in [0.29, 0.717) is 21.3 Å². The molecule has 0 saturated carbocycles. The molecule has 0 aliphatic rings. The molecule has 0 spiro atoms. The van der Waals surface area contributed by atoms with E-state index in [1.54, 1.807) is 37.3 Å². The minimum Gasteiger partial charge on any atom is -0.267 e. The molecule has 1 heterocycles. The highest BCUT2D eigenvalue weighted by Gasteiger charge is 2.07. The summed E-state index contributed by atoms with van der Waals surface area (Å²) < 4.78 is 0. The number of hydrogen-bond acceptors (Lipinski definition) is 3. The zero-order valence-corrected chi connectivity index (χ0v) is 12.0. The number of halogens is 2. The number of nitrogens with one attached hydrogen (secondary N) is 1. The fraction of sp³-hybridized carbons (Fsp3) is 0.0714. The molecule has 0 amide bonds. The van der Waals surface area contributed by atoms with Crippen molar-refractivity contribution < 1.29 is 0 Å². The van der Waals surface area contributed by atoms with E-state index in [0.717, 1.165) is 5.56 Å². The van der Waals surface area contributed by atoms with Gasteiger partial charge in [0, 0.05) is 0 Å². The maximum Gasteiger partial charge on any atom is 0.282 e. The summed E-state index contributed by atoms with van der Waals surface area (Å²) in [6.07, 6.45) is 3.47. The Morgan fingerprint density at radius 1 is 1.30 bits per heavy atom. The van der Waals surface area contributed by atoms with Gasteiger partial charge in [0.1, 0.15) is 11.6 Å². The first-order valence-electron chi connectivity index (χ1n) is 5.65. The fourth-order valence-corrected chi connectivity index (χ4v) is 1.94. The molecule has 2 aromatic rings. The predicted molar refractivity (Wildman–Crippen MR) is 79.7 cm³/mol. The lowest BCUT2D eigenvalue weighted by atomic mass is 10.1. The number of H-pyrrole nitrogens is 1. The van der Waals surface area contributed by atoms with Gasteiger partial charge < -0.3 is 0 Å². The van der Waals surface area contributed by atoms with Crippen molar-refractivity contribution in [2.24, 2.45) is 0 Å². The van der Waals surface area contributed by atoms with Crippen LogP contribution in [-0.2, 0) is 0 Å². The second-order valence-electron chi connectivity index (χ2n) is 4.06. The molecule has 1 aromatic heterocycles. The molecule has 1 aromatic carbocycles. The lowest BCUT2D eigenvalue weighted by Gasteiger charge is -2.01. The maximum absolute atomic E-state index is 11.4. The molecule has 0 atom stereocenters. The number of rotatable bonds is 2. The second-order valence-corrected chi connectivity index (χ2v) is 4.87. The first-order valence-corrected chi connectivity index (χ1v) is 6.41. The number of aromatic amines is 1. The quantitative estimate of drug-likeness (QED) is 0.924. The van der Waals surface area contributed by atoms with E-state index in [-0.39, 0.29) is 5.56 Å². The topological polar surface area (TPSA) is 69.5 Å². The molecule has 0 radical (unpaired) electrons. The van der Waals surface area contributed by atoms with Gasteiger partial charge in [-0.3, -0.25) is 4.79 Å². The Balaban J connectivity index is 2.40. The van der Waals surface area contributed by atoms with Crippen LogP contribution in [-0.4, -0.2) is 10.2 Å². The number of nitriles is 1. The minimum atomic E-state index is -0.489. The average molecular weight is 306 g/mol. The average Bonchev–Trinajstić information content (AvgIpc) is 2.42. The van der Waals surface area contributed by atoms with Crippen molar-refractivity contribution >= 4 is 35.4 Å². The molecule has 0 aliphatic carbocycles. The van der Waals surface area contributed by atoms with Crippen molar-refractivity contribution in [3.8, 4) is 6.07 Å².